The molecule has 2 fully saturated rings. The molecule has 2 saturated heterocycles. The maximum Gasteiger partial charge on any atom is 0.181 e. The second kappa shape index (κ2) is 7.11. The minimum Gasteiger partial charge on any atom is -0.304 e. The Morgan fingerprint density at radius 2 is 1.44 bits per heavy atom. The zero-order valence-electron chi connectivity index (χ0n) is 15.1. The van der Waals surface area contributed by atoms with Crippen molar-refractivity contribution in [2.45, 2.75) is 0 Å². The van der Waals surface area contributed by atoms with Gasteiger partial charge in [0.05, 0.1) is 0 Å². The zero-order chi connectivity index (χ0) is 17.2. The molecule has 0 spiro atoms. The van der Waals surface area contributed by atoms with E-state index < -0.39 is 0 Å². The first-order valence-electron chi connectivity index (χ1n) is 9.10. The number of nitrogens with one attached hydrogen (secondary N) is 1. The van der Waals surface area contributed by atoms with Crippen LogP contribution in [0.4, 0.5) is 0 Å². The number of hydrogen-bond acceptors (Lipinski definition) is 6. The summed E-state index contributed by atoms with van der Waals surface area (Å²) in [6.07, 6.45) is 0. The van der Waals surface area contributed by atoms with E-state index in [1.807, 2.05) is 0 Å². The van der Waals surface area contributed by atoms with Gasteiger partial charge in [-0.2, -0.15) is 5.10 Å². The van der Waals surface area contributed by atoms with Crippen LogP contribution in [-0.4, -0.2) is 97.9 Å². The molecule has 1 aromatic carbocycles. The van der Waals surface area contributed by atoms with E-state index in [1.165, 1.54) is 0 Å². The lowest BCUT2D eigenvalue weighted by atomic mass is 10.1. The van der Waals surface area contributed by atoms with Crippen LogP contribution in [0.25, 0.3) is 0 Å². The van der Waals surface area contributed by atoms with E-state index >= 15 is 0 Å². The number of hydrogen-bond donors (Lipinski definition) is 1. The van der Waals surface area contributed by atoms with Crippen LogP contribution in [-0.2, 0) is 0 Å². The number of nitrogens with zero attached hydrogens (tertiary/aromatic N) is 6. The third kappa shape index (κ3) is 3.68. The summed E-state index contributed by atoms with van der Waals surface area (Å²) in [6, 6.07) is 8.38. The molecule has 3 heterocycles. The molecule has 7 nitrogen and oxygen atoms in total. The van der Waals surface area contributed by atoms with Gasteiger partial charge in [-0.25, -0.2) is 10.0 Å². The van der Waals surface area contributed by atoms with Crippen molar-refractivity contribution < 1.29 is 0 Å². The maximum absolute atomic E-state index is 4.84. The molecule has 4 rings (SSSR count). The Morgan fingerprint density at radius 1 is 0.840 bits per heavy atom. The van der Waals surface area contributed by atoms with Gasteiger partial charge in [0.15, 0.2) is 11.7 Å². The number of hydrazone groups is 1. The van der Waals surface area contributed by atoms with Crippen molar-refractivity contribution in [3.8, 4) is 0 Å². The molecule has 134 valence electrons. The molecular formula is C18H27N7. The molecule has 1 aromatic rings. The quantitative estimate of drug-likeness (QED) is 0.827. The first-order valence-corrected chi connectivity index (χ1v) is 9.10. The highest BCUT2D eigenvalue weighted by atomic mass is 15.5. The van der Waals surface area contributed by atoms with Crippen molar-refractivity contribution in [2.24, 2.45) is 10.1 Å². The van der Waals surface area contributed by atoms with Gasteiger partial charge in [0, 0.05) is 63.5 Å². The highest BCUT2D eigenvalue weighted by Gasteiger charge is 2.25. The normalized spacial score (nSPS) is 24.5. The van der Waals surface area contributed by atoms with Gasteiger partial charge in [0.2, 0.25) is 0 Å². The Kier molecular flexibility index (Phi) is 4.70. The molecule has 1 N–H and O–H groups in total. The minimum atomic E-state index is 0.830. The third-order valence-corrected chi connectivity index (χ3v) is 5.12. The molecule has 0 bridgehead atoms. The van der Waals surface area contributed by atoms with Crippen LogP contribution in [0.1, 0.15) is 11.1 Å². The van der Waals surface area contributed by atoms with Gasteiger partial charge >= 0.3 is 0 Å². The lowest BCUT2D eigenvalue weighted by Gasteiger charge is -2.32. The Hall–Kier alpha value is -1.96. The number of benzene rings is 1. The number of piperazine rings is 2. The number of amidine groups is 2. The molecule has 0 radical (unpaired) electrons. The van der Waals surface area contributed by atoms with Crippen LogP contribution in [0.5, 0.6) is 0 Å². The second-order valence-electron chi connectivity index (χ2n) is 7.09. The number of aliphatic imine (C=N–C) groups is 1. The number of fused-ring (bicyclic) bond motifs is 1. The summed E-state index contributed by atoms with van der Waals surface area (Å²) >= 11 is 0. The van der Waals surface area contributed by atoms with Gasteiger partial charge in [-0.15, -0.1) is 0 Å². The molecule has 0 amide bonds. The number of likely N-dealkylation sites (N-methyl/N-ethyl adjacent to an activating group) is 2. The Bertz CT molecular complexity index is 668. The summed E-state index contributed by atoms with van der Waals surface area (Å²) < 4.78 is 0. The average Bonchev–Trinajstić information content (AvgIpc) is 2.97. The number of hydrazine groups is 1. The molecule has 0 atom stereocenters. The first-order chi connectivity index (χ1) is 12.2. The Labute approximate surface area is 149 Å². The maximum atomic E-state index is 4.84. The molecular weight excluding hydrogens is 314 g/mol. The van der Waals surface area contributed by atoms with Crippen molar-refractivity contribution in [3.05, 3.63) is 35.4 Å². The molecule has 25 heavy (non-hydrogen) atoms. The van der Waals surface area contributed by atoms with E-state index in [1.54, 1.807) is 0 Å². The average molecular weight is 341 g/mol. The summed E-state index contributed by atoms with van der Waals surface area (Å²) in [4.78, 5) is 9.51. The van der Waals surface area contributed by atoms with Crippen molar-refractivity contribution in [2.75, 3.05) is 66.5 Å². The van der Waals surface area contributed by atoms with Gasteiger partial charge in [0.1, 0.15) is 0 Å². The van der Waals surface area contributed by atoms with E-state index in [0.717, 1.165) is 75.2 Å². The van der Waals surface area contributed by atoms with E-state index in [0.29, 0.717) is 0 Å². The summed E-state index contributed by atoms with van der Waals surface area (Å²) in [5, 5.41) is 9.24. The lowest BCUT2D eigenvalue weighted by Crippen LogP contribution is -2.52. The molecule has 0 saturated carbocycles. The van der Waals surface area contributed by atoms with Gasteiger partial charge in [-0.05, 0) is 14.1 Å². The fourth-order valence-electron chi connectivity index (χ4n) is 3.37. The predicted octanol–water partition coefficient (Wildman–Crippen LogP) is 0.108. The lowest BCUT2D eigenvalue weighted by molar-refractivity contribution is 0.131. The standard InChI is InChI=1S/C18H27N7/c1-22-7-11-24(12-8-22)20-17-15-5-3-4-6-16(15)18(19-17)21-25-13-9-23(2)10-14-25/h3-6H,7-14H2,1-2H3,(H,19,20,21). The van der Waals surface area contributed by atoms with Crippen molar-refractivity contribution in [3.63, 3.8) is 0 Å². The van der Waals surface area contributed by atoms with Crippen molar-refractivity contribution in [1.29, 1.82) is 0 Å². The fourth-order valence-corrected chi connectivity index (χ4v) is 3.37. The molecule has 0 aromatic heterocycles. The first kappa shape index (κ1) is 16.5. The Balaban J connectivity index is 1.53. The minimum absolute atomic E-state index is 0.830. The largest absolute Gasteiger partial charge is 0.304 e. The summed E-state index contributed by atoms with van der Waals surface area (Å²) in [7, 11) is 4.33. The van der Waals surface area contributed by atoms with Crippen molar-refractivity contribution in [1.82, 2.24) is 25.2 Å². The third-order valence-electron chi connectivity index (χ3n) is 5.12. The summed E-state index contributed by atoms with van der Waals surface area (Å²) in [6.45, 7) is 8.17. The molecule has 0 unspecified atom stereocenters. The van der Waals surface area contributed by atoms with Gasteiger partial charge in [-0.1, -0.05) is 24.3 Å². The van der Waals surface area contributed by atoms with Crippen LogP contribution < -0.4 is 5.43 Å². The van der Waals surface area contributed by atoms with E-state index in [2.05, 4.69) is 63.6 Å². The summed E-state index contributed by atoms with van der Waals surface area (Å²) in [5.41, 5.74) is 5.79. The van der Waals surface area contributed by atoms with Gasteiger partial charge < -0.3 is 15.2 Å². The van der Waals surface area contributed by atoms with Gasteiger partial charge in [-0.3, -0.25) is 5.01 Å². The SMILES string of the molecule is CN1CCN(/N=C2\N=C(NN3CCN(C)CC3)c3ccccc32)CC1. The zero-order valence-corrected chi connectivity index (χ0v) is 15.1. The van der Waals surface area contributed by atoms with Crippen LogP contribution in [0, 0.1) is 0 Å². The highest BCUT2D eigenvalue weighted by Crippen LogP contribution is 2.19. The molecule has 3 aliphatic heterocycles. The van der Waals surface area contributed by atoms with Crippen LogP contribution in [0.15, 0.2) is 34.4 Å². The van der Waals surface area contributed by atoms with Crippen LogP contribution in [0.3, 0.4) is 0 Å². The van der Waals surface area contributed by atoms with Crippen molar-refractivity contribution >= 4 is 11.7 Å². The molecule has 7 heteroatoms. The number of rotatable bonds is 2. The van der Waals surface area contributed by atoms with Crippen LogP contribution in [0.2, 0.25) is 0 Å². The highest BCUT2D eigenvalue weighted by molar-refractivity contribution is 6.22. The molecule has 3 aliphatic rings. The van der Waals surface area contributed by atoms with E-state index in [9.17, 15) is 0 Å². The predicted molar refractivity (Wildman–Crippen MR) is 101 cm³/mol. The topological polar surface area (TPSA) is 49.7 Å². The van der Waals surface area contributed by atoms with E-state index in [4.69, 9.17) is 10.1 Å². The van der Waals surface area contributed by atoms with E-state index in [-0.39, 0.29) is 0 Å². The van der Waals surface area contributed by atoms with Gasteiger partial charge in [0.25, 0.3) is 0 Å². The van der Waals surface area contributed by atoms with Crippen LogP contribution >= 0.6 is 0 Å². The summed E-state index contributed by atoms with van der Waals surface area (Å²) in [5.74, 6) is 1.75. The monoisotopic (exact) mass is 341 g/mol. The Morgan fingerprint density at radius 3 is 2.12 bits per heavy atom. The second-order valence-corrected chi connectivity index (χ2v) is 7.09. The molecule has 0 aliphatic carbocycles. The smallest absolute Gasteiger partial charge is 0.181 e. The fraction of sp³-hybridized carbons (Fsp3) is 0.556.